The maximum atomic E-state index is 13.5. The first-order valence-corrected chi connectivity index (χ1v) is 13.7. The lowest BCUT2D eigenvalue weighted by atomic mass is 9.92. The maximum absolute atomic E-state index is 13.5. The summed E-state index contributed by atoms with van der Waals surface area (Å²) in [6.07, 6.45) is 8.39. The largest absolute Gasteiger partial charge is 0.463 e. The summed E-state index contributed by atoms with van der Waals surface area (Å²) < 4.78 is 5.52. The van der Waals surface area contributed by atoms with Crippen LogP contribution in [0.2, 0.25) is 0 Å². The Hall–Kier alpha value is -3.45. The van der Waals surface area contributed by atoms with E-state index in [1.807, 2.05) is 66.7 Å². The van der Waals surface area contributed by atoms with Crippen LogP contribution < -0.4 is 5.32 Å². The van der Waals surface area contributed by atoms with E-state index in [0.29, 0.717) is 32.2 Å². The predicted molar refractivity (Wildman–Crippen MR) is 145 cm³/mol. The fourth-order valence-corrected chi connectivity index (χ4v) is 5.20. The van der Waals surface area contributed by atoms with Gasteiger partial charge in [-0.25, -0.2) is 0 Å². The van der Waals surface area contributed by atoms with E-state index < -0.39 is 12.0 Å². The van der Waals surface area contributed by atoms with Crippen LogP contribution in [0, 0.1) is 5.92 Å². The Balaban J connectivity index is 1.50. The van der Waals surface area contributed by atoms with Gasteiger partial charge in [0.2, 0.25) is 11.8 Å². The predicted octanol–water partition coefficient (Wildman–Crippen LogP) is 3.73. The molecule has 2 N–H and O–H groups in total. The average Bonchev–Trinajstić information content (AvgIpc) is 2.94. The van der Waals surface area contributed by atoms with Gasteiger partial charge in [0.05, 0.1) is 24.6 Å². The van der Waals surface area contributed by atoms with Crippen molar-refractivity contribution in [3.05, 3.63) is 83.4 Å². The van der Waals surface area contributed by atoms with E-state index in [1.54, 1.807) is 4.90 Å². The fourth-order valence-electron chi connectivity index (χ4n) is 5.20. The number of rotatable bonds is 5. The van der Waals surface area contributed by atoms with Crippen molar-refractivity contribution in [2.45, 2.75) is 70.0 Å². The van der Waals surface area contributed by atoms with Gasteiger partial charge in [-0.1, -0.05) is 66.7 Å². The lowest BCUT2D eigenvalue weighted by Crippen LogP contribution is -2.48. The summed E-state index contributed by atoms with van der Waals surface area (Å²) in [5.41, 5.74) is 3.25. The molecule has 2 aliphatic heterocycles. The molecule has 2 amide bonds. The number of nitrogens with zero attached hydrogens (tertiary/aromatic N) is 1. The molecule has 0 radical (unpaired) electrons. The third kappa shape index (κ3) is 7.78. The van der Waals surface area contributed by atoms with E-state index in [0.717, 1.165) is 36.0 Å². The first-order chi connectivity index (χ1) is 18.5. The monoisotopic (exact) mass is 518 g/mol. The van der Waals surface area contributed by atoms with E-state index in [4.69, 9.17) is 4.74 Å². The number of carbonyl (C=O) groups excluding carboxylic acids is 3. The number of cyclic esters (lactones) is 1. The second-order valence-corrected chi connectivity index (χ2v) is 10.3. The molecule has 4 rings (SSSR count). The van der Waals surface area contributed by atoms with E-state index in [1.165, 1.54) is 0 Å². The van der Waals surface area contributed by atoms with Crippen LogP contribution in [-0.2, 0) is 38.5 Å². The number of benzene rings is 2. The number of fused-ring (bicyclic) bond motifs is 1. The summed E-state index contributed by atoms with van der Waals surface area (Å²) >= 11 is 0. The molecule has 2 heterocycles. The van der Waals surface area contributed by atoms with Crippen molar-refractivity contribution >= 4 is 17.8 Å². The molecule has 0 unspecified atom stereocenters. The third-order valence-corrected chi connectivity index (χ3v) is 7.38. The maximum Gasteiger partial charge on any atom is 0.305 e. The summed E-state index contributed by atoms with van der Waals surface area (Å²) in [7, 11) is 0. The van der Waals surface area contributed by atoms with Gasteiger partial charge in [-0.2, -0.15) is 0 Å². The standard InChI is InChI=1S/C31H38N2O5/c34-21-28-18-24-13-9-10-15-26(24)20-33(28)29(35)19-25-14-7-2-1-3-8-16-30(36)38-22-27(32-31(25)37)17-23-11-5-4-6-12-23/h2,4-7,9-13,15,25,27-28,34H,1,3,8,14,16-22H2,(H,32,37)/t25-,27-,28+/m1/s1. The number of allylic oxidation sites excluding steroid dienone is 2. The molecule has 3 atom stereocenters. The van der Waals surface area contributed by atoms with E-state index in [9.17, 15) is 19.5 Å². The smallest absolute Gasteiger partial charge is 0.305 e. The Morgan fingerprint density at radius 1 is 1.00 bits per heavy atom. The Bertz CT molecular complexity index is 1120. The van der Waals surface area contributed by atoms with Crippen molar-refractivity contribution in [2.75, 3.05) is 13.2 Å². The normalized spacial score (nSPS) is 23.1. The molecule has 0 aromatic heterocycles. The van der Waals surface area contributed by atoms with Crippen LogP contribution >= 0.6 is 0 Å². The lowest BCUT2D eigenvalue weighted by molar-refractivity contribution is -0.145. The van der Waals surface area contributed by atoms with Crippen molar-refractivity contribution in [2.24, 2.45) is 5.92 Å². The van der Waals surface area contributed by atoms with E-state index >= 15 is 0 Å². The quantitative estimate of drug-likeness (QED) is 0.465. The van der Waals surface area contributed by atoms with Crippen LogP contribution in [0.5, 0.6) is 0 Å². The second-order valence-electron chi connectivity index (χ2n) is 10.3. The number of hydrogen-bond donors (Lipinski definition) is 2. The zero-order valence-corrected chi connectivity index (χ0v) is 21.9. The van der Waals surface area contributed by atoms with Gasteiger partial charge in [0.1, 0.15) is 6.61 Å². The first-order valence-electron chi connectivity index (χ1n) is 13.7. The zero-order valence-electron chi connectivity index (χ0n) is 21.9. The lowest BCUT2D eigenvalue weighted by Gasteiger charge is -2.36. The van der Waals surface area contributed by atoms with Crippen molar-refractivity contribution in [3.63, 3.8) is 0 Å². The highest BCUT2D eigenvalue weighted by Crippen LogP contribution is 2.25. The molecule has 0 aliphatic carbocycles. The highest BCUT2D eigenvalue weighted by molar-refractivity contribution is 5.86. The van der Waals surface area contributed by atoms with Crippen LogP contribution in [0.4, 0.5) is 0 Å². The number of esters is 1. The van der Waals surface area contributed by atoms with Gasteiger partial charge in [0.15, 0.2) is 0 Å². The topological polar surface area (TPSA) is 95.9 Å². The molecule has 2 aromatic rings. The molecule has 7 heteroatoms. The molecular formula is C31H38N2O5. The zero-order chi connectivity index (χ0) is 26.7. The number of aliphatic hydroxyl groups is 1. The van der Waals surface area contributed by atoms with E-state index in [2.05, 4.69) is 5.32 Å². The summed E-state index contributed by atoms with van der Waals surface area (Å²) in [6, 6.07) is 17.0. The molecule has 0 spiro atoms. The Kier molecular flexibility index (Phi) is 10.1. The number of amides is 2. The van der Waals surface area contributed by atoms with Crippen LogP contribution in [0.3, 0.4) is 0 Å². The summed E-state index contributed by atoms with van der Waals surface area (Å²) in [5, 5.41) is 13.1. The highest BCUT2D eigenvalue weighted by atomic mass is 16.5. The number of hydrogen-bond acceptors (Lipinski definition) is 5. The van der Waals surface area contributed by atoms with Crippen molar-refractivity contribution in [1.82, 2.24) is 10.2 Å². The molecule has 0 bridgehead atoms. The molecule has 0 saturated carbocycles. The number of aliphatic hydroxyl groups excluding tert-OH is 1. The van der Waals surface area contributed by atoms with Gasteiger partial charge in [0.25, 0.3) is 0 Å². The summed E-state index contributed by atoms with van der Waals surface area (Å²) in [4.78, 5) is 41.0. The fraction of sp³-hybridized carbons (Fsp3) is 0.452. The molecule has 0 fully saturated rings. The van der Waals surface area contributed by atoms with Crippen molar-refractivity contribution < 1.29 is 24.2 Å². The molecule has 7 nitrogen and oxygen atoms in total. The van der Waals surface area contributed by atoms with Crippen LogP contribution in [0.15, 0.2) is 66.7 Å². The van der Waals surface area contributed by atoms with Crippen LogP contribution in [-0.4, -0.2) is 53.1 Å². The third-order valence-electron chi connectivity index (χ3n) is 7.38. The average molecular weight is 519 g/mol. The Morgan fingerprint density at radius 3 is 2.55 bits per heavy atom. The Morgan fingerprint density at radius 2 is 1.76 bits per heavy atom. The van der Waals surface area contributed by atoms with Gasteiger partial charge in [0, 0.05) is 19.4 Å². The van der Waals surface area contributed by atoms with Gasteiger partial charge in [-0.15, -0.1) is 0 Å². The Labute approximate surface area is 224 Å². The minimum Gasteiger partial charge on any atom is -0.463 e. The second kappa shape index (κ2) is 13.9. The molecule has 0 saturated heterocycles. The number of ether oxygens (including phenoxy) is 1. The first kappa shape index (κ1) is 27.6. The summed E-state index contributed by atoms with van der Waals surface area (Å²) in [5.74, 6) is -1.19. The van der Waals surface area contributed by atoms with Gasteiger partial charge >= 0.3 is 5.97 Å². The van der Waals surface area contributed by atoms with Crippen LogP contribution in [0.25, 0.3) is 0 Å². The molecule has 2 aromatic carbocycles. The number of nitrogens with one attached hydrogen (secondary N) is 1. The minimum absolute atomic E-state index is 0.0483. The van der Waals surface area contributed by atoms with Gasteiger partial charge in [-0.3, -0.25) is 14.4 Å². The van der Waals surface area contributed by atoms with Crippen LogP contribution in [0.1, 0.15) is 55.2 Å². The van der Waals surface area contributed by atoms with Gasteiger partial charge in [-0.05, 0) is 55.2 Å². The SMILES string of the molecule is O=C1CCCCC=CC[C@H](CC(=O)N2Cc3ccccc3C[C@H]2CO)C(=O)N[C@H](Cc2ccccc2)CO1. The van der Waals surface area contributed by atoms with Crippen molar-refractivity contribution in [1.29, 1.82) is 0 Å². The molecule has 38 heavy (non-hydrogen) atoms. The molecular weight excluding hydrogens is 480 g/mol. The van der Waals surface area contributed by atoms with Gasteiger partial charge < -0.3 is 20.1 Å². The molecule has 2 aliphatic rings. The highest BCUT2D eigenvalue weighted by Gasteiger charge is 2.32. The number of carbonyl (C=O) groups is 3. The van der Waals surface area contributed by atoms with Crippen molar-refractivity contribution in [3.8, 4) is 0 Å². The van der Waals surface area contributed by atoms with E-state index in [-0.39, 0.29) is 43.5 Å². The minimum atomic E-state index is -0.563. The molecule has 202 valence electrons. The summed E-state index contributed by atoms with van der Waals surface area (Å²) in [6.45, 7) is 0.393.